The van der Waals surface area contributed by atoms with Crippen molar-refractivity contribution in [3.8, 4) is 0 Å². The minimum Gasteiger partial charge on any atom is -0.360 e. The quantitative estimate of drug-likeness (QED) is 0.879. The highest BCUT2D eigenvalue weighted by molar-refractivity contribution is 6.08. The summed E-state index contributed by atoms with van der Waals surface area (Å²) in [6, 6.07) is 4.56. The van der Waals surface area contributed by atoms with E-state index < -0.39 is 0 Å². The first kappa shape index (κ1) is 15.8. The van der Waals surface area contributed by atoms with Crippen molar-refractivity contribution in [2.24, 2.45) is 5.92 Å². The van der Waals surface area contributed by atoms with Crippen molar-refractivity contribution in [1.82, 2.24) is 15.2 Å². The minimum absolute atomic E-state index is 0.0170. The molecule has 0 spiro atoms. The molecule has 0 aliphatic carbocycles. The molecule has 24 heavy (non-hydrogen) atoms. The van der Waals surface area contributed by atoms with Gasteiger partial charge in [0.25, 0.3) is 0 Å². The van der Waals surface area contributed by atoms with Crippen LogP contribution in [-0.4, -0.2) is 41.5 Å². The SMILES string of the molecule is O=C(c1c[nH]c2ccc(F)cc12)C1CC[N]C(N2CCCCC2)C1. The largest absolute Gasteiger partial charge is 0.360 e. The van der Waals surface area contributed by atoms with Crippen LogP contribution in [0, 0.1) is 11.7 Å². The smallest absolute Gasteiger partial charge is 0.168 e. The lowest BCUT2D eigenvalue weighted by Gasteiger charge is -2.38. The maximum atomic E-state index is 13.6. The standard InChI is InChI=1S/C19H23FN3O/c20-14-4-5-17-15(11-14)16(12-22-17)19(24)13-6-7-21-18(10-13)23-8-2-1-3-9-23/h4-5,11-13,18,22H,1-3,6-10H2. The summed E-state index contributed by atoms with van der Waals surface area (Å²) in [6.45, 7) is 2.93. The first-order valence-corrected chi connectivity index (χ1v) is 8.94. The fourth-order valence-corrected chi connectivity index (χ4v) is 4.06. The van der Waals surface area contributed by atoms with Gasteiger partial charge < -0.3 is 4.98 Å². The summed E-state index contributed by atoms with van der Waals surface area (Å²) < 4.78 is 13.6. The molecule has 2 aliphatic heterocycles. The Balaban J connectivity index is 1.53. The third kappa shape index (κ3) is 2.98. The van der Waals surface area contributed by atoms with Crippen molar-refractivity contribution in [3.63, 3.8) is 0 Å². The number of halogens is 1. The van der Waals surface area contributed by atoms with Crippen molar-refractivity contribution in [2.75, 3.05) is 19.6 Å². The number of Topliss-reactive ketones (excluding diaryl/α,β-unsaturated/α-hetero) is 1. The third-order valence-electron chi connectivity index (χ3n) is 5.40. The normalized spacial score (nSPS) is 25.9. The van der Waals surface area contributed by atoms with Crippen LogP contribution in [0.15, 0.2) is 24.4 Å². The Bertz CT molecular complexity index is 735. The van der Waals surface area contributed by atoms with E-state index in [2.05, 4.69) is 9.88 Å². The molecule has 127 valence electrons. The van der Waals surface area contributed by atoms with Gasteiger partial charge in [0, 0.05) is 35.1 Å². The number of fused-ring (bicyclic) bond motifs is 1. The summed E-state index contributed by atoms with van der Waals surface area (Å²) in [5.74, 6) is -0.193. The van der Waals surface area contributed by atoms with Gasteiger partial charge in [-0.1, -0.05) is 6.42 Å². The fourth-order valence-electron chi connectivity index (χ4n) is 4.06. The summed E-state index contributed by atoms with van der Waals surface area (Å²) in [6.07, 6.45) is 7.25. The second-order valence-corrected chi connectivity index (χ2v) is 6.96. The van der Waals surface area contributed by atoms with E-state index in [0.717, 1.165) is 38.0 Å². The lowest BCUT2D eigenvalue weighted by atomic mass is 9.87. The summed E-state index contributed by atoms with van der Waals surface area (Å²) >= 11 is 0. The number of nitrogens with zero attached hydrogens (tertiary/aromatic N) is 2. The lowest BCUT2D eigenvalue weighted by Crippen LogP contribution is -2.49. The molecule has 2 fully saturated rings. The van der Waals surface area contributed by atoms with E-state index in [-0.39, 0.29) is 23.7 Å². The van der Waals surface area contributed by atoms with Gasteiger partial charge in [0.05, 0.1) is 6.17 Å². The molecule has 1 aromatic heterocycles. The molecule has 0 bridgehead atoms. The van der Waals surface area contributed by atoms with Crippen LogP contribution in [0.25, 0.3) is 10.9 Å². The Hall–Kier alpha value is -1.72. The Morgan fingerprint density at radius 1 is 1.25 bits per heavy atom. The van der Waals surface area contributed by atoms with E-state index in [9.17, 15) is 9.18 Å². The zero-order chi connectivity index (χ0) is 16.5. The number of ketones is 1. The molecular weight excluding hydrogens is 305 g/mol. The zero-order valence-corrected chi connectivity index (χ0v) is 13.8. The van der Waals surface area contributed by atoms with Gasteiger partial charge in [-0.25, -0.2) is 9.71 Å². The predicted octanol–water partition coefficient (Wildman–Crippen LogP) is 3.32. The van der Waals surface area contributed by atoms with E-state index in [1.54, 1.807) is 12.3 Å². The highest BCUT2D eigenvalue weighted by Gasteiger charge is 2.32. The first-order chi connectivity index (χ1) is 11.7. The first-order valence-electron chi connectivity index (χ1n) is 8.94. The number of rotatable bonds is 3. The number of nitrogens with one attached hydrogen (secondary N) is 1. The second kappa shape index (κ2) is 6.65. The van der Waals surface area contributed by atoms with Crippen LogP contribution in [0.1, 0.15) is 42.5 Å². The van der Waals surface area contributed by atoms with Crippen molar-refractivity contribution < 1.29 is 9.18 Å². The predicted molar refractivity (Wildman–Crippen MR) is 91.5 cm³/mol. The van der Waals surface area contributed by atoms with Crippen LogP contribution in [0.2, 0.25) is 0 Å². The topological polar surface area (TPSA) is 50.2 Å². The van der Waals surface area contributed by atoms with Crippen molar-refractivity contribution in [3.05, 3.63) is 35.8 Å². The van der Waals surface area contributed by atoms with Crippen LogP contribution >= 0.6 is 0 Å². The highest BCUT2D eigenvalue weighted by Crippen LogP contribution is 2.28. The maximum absolute atomic E-state index is 13.6. The Morgan fingerprint density at radius 3 is 2.92 bits per heavy atom. The molecule has 0 saturated carbocycles. The number of carbonyl (C=O) groups is 1. The molecule has 0 amide bonds. The molecule has 4 nitrogen and oxygen atoms in total. The second-order valence-electron chi connectivity index (χ2n) is 6.96. The molecule has 1 aromatic carbocycles. The average Bonchev–Trinajstić information content (AvgIpc) is 3.05. The summed E-state index contributed by atoms with van der Waals surface area (Å²) in [4.78, 5) is 18.5. The van der Waals surface area contributed by atoms with E-state index in [0.29, 0.717) is 10.9 Å². The molecule has 2 aliphatic rings. The summed E-state index contributed by atoms with van der Waals surface area (Å²) in [5, 5.41) is 5.44. The van der Waals surface area contributed by atoms with Gasteiger partial charge in [0.15, 0.2) is 5.78 Å². The number of piperidine rings is 2. The zero-order valence-electron chi connectivity index (χ0n) is 13.8. The molecule has 3 heterocycles. The van der Waals surface area contributed by atoms with E-state index in [1.807, 2.05) is 0 Å². The monoisotopic (exact) mass is 328 g/mol. The van der Waals surface area contributed by atoms with Gasteiger partial charge in [0.1, 0.15) is 5.82 Å². The number of aromatic nitrogens is 1. The number of carbonyl (C=O) groups excluding carboxylic acids is 1. The minimum atomic E-state index is -0.305. The van der Waals surface area contributed by atoms with Crippen LogP contribution in [0.3, 0.4) is 0 Å². The van der Waals surface area contributed by atoms with Crippen LogP contribution in [-0.2, 0) is 0 Å². The number of hydrogen-bond donors (Lipinski definition) is 1. The van der Waals surface area contributed by atoms with Crippen molar-refractivity contribution in [1.29, 1.82) is 0 Å². The number of hydrogen-bond acceptors (Lipinski definition) is 2. The molecular formula is C19H23FN3O. The Kier molecular flexibility index (Phi) is 4.37. The molecule has 4 rings (SSSR count). The molecule has 2 saturated heterocycles. The maximum Gasteiger partial charge on any atom is 0.168 e. The molecule has 2 aromatic rings. The average molecular weight is 328 g/mol. The van der Waals surface area contributed by atoms with Gasteiger partial charge in [-0.2, -0.15) is 0 Å². The summed E-state index contributed by atoms with van der Waals surface area (Å²) in [7, 11) is 0. The molecule has 2 atom stereocenters. The number of aromatic amines is 1. The van der Waals surface area contributed by atoms with E-state index >= 15 is 0 Å². The van der Waals surface area contributed by atoms with Crippen LogP contribution in [0.5, 0.6) is 0 Å². The molecule has 2 unspecified atom stereocenters. The van der Waals surface area contributed by atoms with Gasteiger partial charge >= 0.3 is 0 Å². The number of likely N-dealkylation sites (tertiary alicyclic amines) is 1. The van der Waals surface area contributed by atoms with Crippen molar-refractivity contribution in [2.45, 2.75) is 38.3 Å². The molecule has 1 radical (unpaired) electrons. The van der Waals surface area contributed by atoms with Gasteiger partial charge in [-0.3, -0.25) is 9.69 Å². The highest BCUT2D eigenvalue weighted by atomic mass is 19.1. The third-order valence-corrected chi connectivity index (χ3v) is 5.40. The molecule has 1 N–H and O–H groups in total. The fraction of sp³-hybridized carbons (Fsp3) is 0.526. The van der Waals surface area contributed by atoms with Crippen molar-refractivity contribution >= 4 is 16.7 Å². The van der Waals surface area contributed by atoms with Gasteiger partial charge in [-0.15, -0.1) is 0 Å². The number of H-pyrrole nitrogens is 1. The van der Waals surface area contributed by atoms with Crippen LogP contribution < -0.4 is 5.32 Å². The van der Waals surface area contributed by atoms with Gasteiger partial charge in [-0.05, 0) is 57.0 Å². The molecule has 5 heteroatoms. The van der Waals surface area contributed by atoms with Gasteiger partial charge in [0.2, 0.25) is 0 Å². The summed E-state index contributed by atoms with van der Waals surface area (Å²) in [5.41, 5.74) is 1.43. The number of benzene rings is 1. The van der Waals surface area contributed by atoms with Crippen LogP contribution in [0.4, 0.5) is 4.39 Å². The van der Waals surface area contributed by atoms with E-state index in [4.69, 9.17) is 5.32 Å². The Labute approximate surface area is 141 Å². The van der Waals surface area contributed by atoms with E-state index in [1.165, 1.54) is 31.4 Å². The Morgan fingerprint density at radius 2 is 2.08 bits per heavy atom. The lowest BCUT2D eigenvalue weighted by molar-refractivity contribution is 0.0693.